The van der Waals surface area contributed by atoms with E-state index < -0.39 is 5.60 Å². The molecule has 0 saturated carbocycles. The molecule has 1 aromatic heterocycles. The van der Waals surface area contributed by atoms with E-state index in [1.54, 1.807) is 4.90 Å². The van der Waals surface area contributed by atoms with Crippen LogP contribution in [0, 0.1) is 6.92 Å². The Morgan fingerprint density at radius 1 is 1.40 bits per heavy atom. The van der Waals surface area contributed by atoms with E-state index >= 15 is 0 Å². The van der Waals surface area contributed by atoms with E-state index in [4.69, 9.17) is 16.3 Å². The zero-order valence-corrected chi connectivity index (χ0v) is 15.4. The molecule has 8 nitrogen and oxygen atoms in total. The highest BCUT2D eigenvalue weighted by molar-refractivity contribution is 5.98. The second-order valence-corrected chi connectivity index (χ2v) is 7.18. The normalized spacial score (nSPS) is 16.2. The highest BCUT2D eigenvalue weighted by Gasteiger charge is 2.23. The molecule has 2 heterocycles. The van der Waals surface area contributed by atoms with Crippen molar-refractivity contribution in [2.24, 2.45) is 16.7 Å². The van der Waals surface area contributed by atoms with E-state index in [2.05, 4.69) is 15.4 Å². The number of aromatic nitrogens is 1. The van der Waals surface area contributed by atoms with E-state index in [0.717, 1.165) is 41.9 Å². The van der Waals surface area contributed by atoms with Crippen LogP contribution in [0.4, 0.5) is 10.6 Å². The molecule has 1 aliphatic heterocycles. The van der Waals surface area contributed by atoms with Crippen LogP contribution in [-0.2, 0) is 11.2 Å². The molecule has 0 unspecified atom stereocenters. The fourth-order valence-corrected chi connectivity index (χ4v) is 2.67. The standard InChI is InChI=1S/C17H28N6O2/c1-11-13(14(18)22-19)9-12-7-5-6-8-23(10-20-15(12)21-11)16(24)25-17(2,3)4/h9H,5-8,10,19H2,1-4H3,(H2,18,22)(H,20,21). The van der Waals surface area contributed by atoms with Gasteiger partial charge in [0.15, 0.2) is 5.84 Å². The number of amidine groups is 1. The average Bonchev–Trinajstić information content (AvgIpc) is 2.62. The van der Waals surface area contributed by atoms with Gasteiger partial charge in [0, 0.05) is 12.1 Å². The quantitative estimate of drug-likeness (QED) is 0.309. The number of aryl methyl sites for hydroxylation is 2. The van der Waals surface area contributed by atoms with Crippen LogP contribution >= 0.6 is 0 Å². The molecule has 8 heteroatoms. The number of hydrogen-bond donors (Lipinski definition) is 3. The summed E-state index contributed by atoms with van der Waals surface area (Å²) < 4.78 is 5.47. The molecule has 25 heavy (non-hydrogen) atoms. The van der Waals surface area contributed by atoms with Crippen LogP contribution in [0.3, 0.4) is 0 Å². The van der Waals surface area contributed by atoms with Crippen LogP contribution in [0.2, 0.25) is 0 Å². The lowest BCUT2D eigenvalue weighted by Crippen LogP contribution is -2.40. The Kier molecular flexibility index (Phi) is 5.71. The van der Waals surface area contributed by atoms with Crippen LogP contribution in [0.1, 0.15) is 50.4 Å². The lowest BCUT2D eigenvalue weighted by molar-refractivity contribution is 0.0262. The number of hydrogen-bond acceptors (Lipinski definition) is 6. The zero-order valence-electron chi connectivity index (χ0n) is 15.4. The monoisotopic (exact) mass is 348 g/mol. The third kappa shape index (κ3) is 4.98. The van der Waals surface area contributed by atoms with E-state index in [9.17, 15) is 4.79 Å². The third-order valence-electron chi connectivity index (χ3n) is 3.92. The first kappa shape index (κ1) is 18.8. The number of carbonyl (C=O) groups is 1. The number of carbonyl (C=O) groups excluding carboxylic acids is 1. The van der Waals surface area contributed by atoms with Gasteiger partial charge < -0.3 is 21.6 Å². The molecule has 0 saturated heterocycles. The number of pyridine rings is 1. The SMILES string of the molecule is Cc1nc2c(cc1/C(N)=N/N)CCCCN(C(=O)OC(C)(C)C)CN2. The van der Waals surface area contributed by atoms with E-state index in [1.807, 2.05) is 33.8 Å². The van der Waals surface area contributed by atoms with E-state index in [-0.39, 0.29) is 11.9 Å². The summed E-state index contributed by atoms with van der Waals surface area (Å²) in [5, 5.41) is 6.81. The Labute approximate surface area is 148 Å². The number of nitrogens with zero attached hydrogens (tertiary/aromatic N) is 3. The Morgan fingerprint density at radius 3 is 2.76 bits per heavy atom. The number of hydrazone groups is 1. The lowest BCUT2D eigenvalue weighted by atomic mass is 10.0. The van der Waals surface area contributed by atoms with Gasteiger partial charge in [-0.3, -0.25) is 4.90 Å². The topological polar surface area (TPSA) is 119 Å². The molecule has 0 aromatic carbocycles. The van der Waals surface area contributed by atoms with Gasteiger partial charge in [0.05, 0.1) is 12.4 Å². The zero-order chi connectivity index (χ0) is 18.6. The minimum absolute atomic E-state index is 0.267. The van der Waals surface area contributed by atoms with Crippen molar-refractivity contribution in [3.63, 3.8) is 0 Å². The summed E-state index contributed by atoms with van der Waals surface area (Å²) in [7, 11) is 0. The first-order valence-corrected chi connectivity index (χ1v) is 8.47. The van der Waals surface area contributed by atoms with Gasteiger partial charge in [0.25, 0.3) is 0 Å². The number of fused-ring (bicyclic) bond motifs is 1. The van der Waals surface area contributed by atoms with Gasteiger partial charge in [-0.25, -0.2) is 9.78 Å². The molecule has 0 radical (unpaired) electrons. The van der Waals surface area contributed by atoms with E-state index in [1.165, 1.54) is 0 Å². The highest BCUT2D eigenvalue weighted by Crippen LogP contribution is 2.22. The predicted octanol–water partition coefficient (Wildman–Crippen LogP) is 1.91. The minimum atomic E-state index is -0.518. The molecule has 2 rings (SSSR count). The summed E-state index contributed by atoms with van der Waals surface area (Å²) >= 11 is 0. The Bertz CT molecular complexity index is 666. The van der Waals surface area contributed by atoms with Crippen molar-refractivity contribution in [3.8, 4) is 0 Å². The first-order chi connectivity index (χ1) is 11.7. The van der Waals surface area contributed by atoms with Crippen molar-refractivity contribution in [3.05, 3.63) is 22.9 Å². The van der Waals surface area contributed by atoms with Crippen LogP contribution in [-0.4, -0.2) is 40.6 Å². The van der Waals surface area contributed by atoms with Gasteiger partial charge in [0.2, 0.25) is 0 Å². The van der Waals surface area contributed by atoms with Crippen molar-refractivity contribution < 1.29 is 9.53 Å². The van der Waals surface area contributed by atoms with Gasteiger partial charge in [-0.15, -0.1) is 0 Å². The van der Waals surface area contributed by atoms with Crippen molar-refractivity contribution in [2.75, 3.05) is 18.5 Å². The second kappa shape index (κ2) is 7.58. The molecule has 0 fully saturated rings. The summed E-state index contributed by atoms with van der Waals surface area (Å²) in [6.07, 6.45) is 2.32. The molecule has 0 aliphatic carbocycles. The lowest BCUT2D eigenvalue weighted by Gasteiger charge is -2.27. The Hall–Kier alpha value is -2.51. The molecular formula is C17H28N6O2. The van der Waals surface area contributed by atoms with Crippen LogP contribution in [0.15, 0.2) is 11.2 Å². The van der Waals surface area contributed by atoms with Crippen molar-refractivity contribution in [1.29, 1.82) is 0 Å². The van der Waals surface area contributed by atoms with Gasteiger partial charge in [-0.1, -0.05) is 0 Å². The van der Waals surface area contributed by atoms with Crippen LogP contribution in [0.5, 0.6) is 0 Å². The summed E-state index contributed by atoms with van der Waals surface area (Å²) in [5.41, 5.74) is 7.85. The highest BCUT2D eigenvalue weighted by atomic mass is 16.6. The number of rotatable bonds is 1. The van der Waals surface area contributed by atoms with Crippen molar-refractivity contribution in [2.45, 2.75) is 52.6 Å². The average molecular weight is 348 g/mol. The first-order valence-electron chi connectivity index (χ1n) is 8.47. The molecule has 5 N–H and O–H groups in total. The third-order valence-corrected chi connectivity index (χ3v) is 3.92. The molecule has 1 amide bonds. The van der Waals surface area contributed by atoms with Crippen molar-refractivity contribution >= 4 is 17.7 Å². The number of nitrogens with one attached hydrogen (secondary N) is 1. The largest absolute Gasteiger partial charge is 0.444 e. The summed E-state index contributed by atoms with van der Waals surface area (Å²) in [5.74, 6) is 6.31. The maximum atomic E-state index is 12.3. The molecule has 138 valence electrons. The predicted molar refractivity (Wildman–Crippen MR) is 98.3 cm³/mol. The molecule has 1 aliphatic rings. The maximum absolute atomic E-state index is 12.3. The smallest absolute Gasteiger partial charge is 0.411 e. The maximum Gasteiger partial charge on any atom is 0.411 e. The summed E-state index contributed by atoms with van der Waals surface area (Å²) in [4.78, 5) is 18.6. The summed E-state index contributed by atoms with van der Waals surface area (Å²) in [6, 6.07) is 1.97. The Morgan fingerprint density at radius 2 is 2.12 bits per heavy atom. The molecule has 0 atom stereocenters. The fourth-order valence-electron chi connectivity index (χ4n) is 2.67. The summed E-state index contributed by atoms with van der Waals surface area (Å²) in [6.45, 7) is 8.41. The van der Waals surface area contributed by atoms with Crippen LogP contribution in [0.25, 0.3) is 0 Å². The number of nitrogens with two attached hydrogens (primary N) is 2. The molecule has 1 aromatic rings. The molecule has 0 bridgehead atoms. The second-order valence-electron chi connectivity index (χ2n) is 7.18. The van der Waals surface area contributed by atoms with Gasteiger partial charge in [0.1, 0.15) is 11.4 Å². The van der Waals surface area contributed by atoms with Crippen LogP contribution < -0.4 is 16.9 Å². The van der Waals surface area contributed by atoms with Crippen molar-refractivity contribution in [1.82, 2.24) is 9.88 Å². The van der Waals surface area contributed by atoms with Gasteiger partial charge in [-0.05, 0) is 58.6 Å². The molecular weight excluding hydrogens is 320 g/mol. The number of amides is 1. The Balaban J connectivity index is 2.22. The van der Waals surface area contributed by atoms with Gasteiger partial charge >= 0.3 is 6.09 Å². The number of ether oxygens (including phenoxy) is 1. The van der Waals surface area contributed by atoms with Gasteiger partial charge in [-0.2, -0.15) is 5.10 Å². The van der Waals surface area contributed by atoms with E-state index in [0.29, 0.717) is 13.2 Å². The fraction of sp³-hybridized carbons (Fsp3) is 0.588. The molecule has 0 spiro atoms. The minimum Gasteiger partial charge on any atom is -0.444 e. The number of anilines is 1.